The van der Waals surface area contributed by atoms with Crippen LogP contribution in [-0.4, -0.2) is 9.16 Å². The van der Waals surface area contributed by atoms with Gasteiger partial charge in [0.25, 0.3) is 0 Å². The fourth-order valence-electron chi connectivity index (χ4n) is 7.83. The van der Waals surface area contributed by atoms with Crippen molar-refractivity contribution in [3.63, 3.8) is 0 Å². The average molecular weight is 699 g/mol. The van der Waals surface area contributed by atoms with Crippen LogP contribution >= 0.6 is 0 Å². The van der Waals surface area contributed by atoms with Gasteiger partial charge < -0.3 is 0 Å². The number of allylic oxidation sites excluding steroid dienone is 9. The molecule has 0 saturated heterocycles. The molecule has 0 saturated carbocycles. The molecule has 0 fully saturated rings. The predicted octanol–water partition coefficient (Wildman–Crippen LogP) is 5.28. The monoisotopic (exact) mass is 698 g/mol. The summed E-state index contributed by atoms with van der Waals surface area (Å²) in [4.78, 5) is 0. The minimum atomic E-state index is -0.159. The van der Waals surface area contributed by atoms with Crippen molar-refractivity contribution in [3.05, 3.63) is 158 Å². The predicted molar refractivity (Wildman–Crippen MR) is 180 cm³/mol. The summed E-state index contributed by atoms with van der Waals surface area (Å²) >= 11 is -0.159. The van der Waals surface area contributed by atoms with Crippen LogP contribution in [0.15, 0.2) is 129 Å². The molecule has 1 N–H and O–H groups in total. The molecular weight excluding hydrogens is 663 g/mol. The molecule has 5 aliphatic rings. The number of rotatable bonds is 4. The summed E-state index contributed by atoms with van der Waals surface area (Å²) in [7, 11) is 0. The number of benzene rings is 3. The van der Waals surface area contributed by atoms with E-state index in [1.165, 1.54) is 53.5 Å². The van der Waals surface area contributed by atoms with Crippen molar-refractivity contribution >= 4 is 23.0 Å². The van der Waals surface area contributed by atoms with Crippen LogP contribution in [0.1, 0.15) is 41.7 Å². The van der Waals surface area contributed by atoms with Gasteiger partial charge in [-0.05, 0) is 0 Å². The van der Waals surface area contributed by atoms with Gasteiger partial charge in [0.05, 0.1) is 0 Å². The molecule has 3 aliphatic carbocycles. The maximum absolute atomic E-state index is 6.92. The number of aromatic hydroxyl groups is 1. The van der Waals surface area contributed by atoms with Gasteiger partial charge >= 0.3 is 276 Å². The molecule has 3 heteroatoms. The van der Waals surface area contributed by atoms with Gasteiger partial charge in [-0.25, -0.2) is 0 Å². The molecule has 0 spiro atoms. The van der Waals surface area contributed by atoms with Crippen molar-refractivity contribution in [1.82, 2.24) is 0 Å². The zero-order chi connectivity index (χ0) is 29.9. The van der Waals surface area contributed by atoms with Crippen molar-refractivity contribution in [1.29, 1.82) is 0 Å². The van der Waals surface area contributed by atoms with Crippen LogP contribution in [0.25, 0.3) is 34.1 Å². The number of hydrogen-bond donors (Lipinski definition) is 0. The van der Waals surface area contributed by atoms with Crippen molar-refractivity contribution in [2.24, 2.45) is 17.8 Å². The van der Waals surface area contributed by atoms with E-state index >= 15 is 0 Å². The van der Waals surface area contributed by atoms with E-state index in [0.29, 0.717) is 17.8 Å². The van der Waals surface area contributed by atoms with Gasteiger partial charge in [-0.2, -0.15) is 0 Å². The zero-order valence-electron chi connectivity index (χ0n) is 25.3. The number of halogens is 1. The molecule has 9 rings (SSSR count). The first-order valence-corrected chi connectivity index (χ1v) is 18.7. The molecular formula is C42H35IO2. The van der Waals surface area contributed by atoms with E-state index in [1.54, 1.807) is 0 Å². The third-order valence-electron chi connectivity index (χ3n) is 10.1. The summed E-state index contributed by atoms with van der Waals surface area (Å²) in [6.45, 7) is 2.35. The first kappa shape index (κ1) is 27.2. The third kappa shape index (κ3) is 4.66. The second kappa shape index (κ2) is 11.1. The van der Waals surface area contributed by atoms with Crippen molar-refractivity contribution in [2.45, 2.75) is 25.7 Å². The van der Waals surface area contributed by atoms with Crippen LogP contribution in [0.4, 0.5) is 0 Å². The number of hydrogen-bond acceptors (Lipinski definition) is 1. The van der Waals surface area contributed by atoms with Crippen LogP contribution in [0.5, 0.6) is 5.75 Å². The Morgan fingerprint density at radius 1 is 0.822 bits per heavy atom. The van der Waals surface area contributed by atoms with E-state index in [9.17, 15) is 0 Å². The number of aliphatic hydroxyl groups is 1. The Balaban J connectivity index is 1.21. The first-order chi connectivity index (χ1) is 22.2. The van der Waals surface area contributed by atoms with E-state index in [0.717, 1.165) is 34.2 Å². The quantitative estimate of drug-likeness (QED) is 0.162. The normalized spacial score (nSPS) is 24.5. The maximum atomic E-state index is 6.92. The summed E-state index contributed by atoms with van der Waals surface area (Å²) < 4.78 is 15.0. The number of ether oxygens (including phenoxy) is 1. The van der Waals surface area contributed by atoms with Crippen LogP contribution < -0.4 is 31.8 Å². The van der Waals surface area contributed by atoms with Crippen molar-refractivity contribution < 1.29 is 30.4 Å². The summed E-state index contributed by atoms with van der Waals surface area (Å²) in [6, 6.07) is 28.5. The van der Waals surface area contributed by atoms with Gasteiger partial charge in [0.1, 0.15) is 0 Å². The van der Waals surface area contributed by atoms with Gasteiger partial charge in [0, 0.05) is 0 Å². The van der Waals surface area contributed by atoms with Crippen molar-refractivity contribution in [3.8, 4) is 16.9 Å². The van der Waals surface area contributed by atoms with Gasteiger partial charge in [-0.3, -0.25) is 0 Å². The molecule has 3 aromatic carbocycles. The number of fused-ring (bicyclic) bond motifs is 6. The molecule has 0 bridgehead atoms. The van der Waals surface area contributed by atoms with Gasteiger partial charge in [-0.1, -0.05) is 0 Å². The van der Waals surface area contributed by atoms with Gasteiger partial charge in [-0.15, -0.1) is 0 Å². The molecule has 4 atom stereocenters. The molecule has 45 heavy (non-hydrogen) atoms. The van der Waals surface area contributed by atoms with Crippen molar-refractivity contribution in [2.75, 3.05) is 4.43 Å². The molecule has 0 radical (unpaired) electrons. The Bertz CT molecular complexity index is 2110. The van der Waals surface area contributed by atoms with E-state index in [2.05, 4.69) is 134 Å². The topological polar surface area (TPSA) is 25.9 Å². The minimum absolute atomic E-state index is 0.159. The summed E-state index contributed by atoms with van der Waals surface area (Å²) in [6.07, 6.45) is 20.7. The average Bonchev–Trinajstić information content (AvgIpc) is 3.66. The van der Waals surface area contributed by atoms with Crippen LogP contribution in [0.3, 0.4) is 0 Å². The second-order valence-corrected chi connectivity index (χ2v) is 15.6. The van der Waals surface area contributed by atoms with Gasteiger partial charge in [0.2, 0.25) is 0 Å². The molecule has 4 aromatic rings. The van der Waals surface area contributed by atoms with Crippen LogP contribution in [0, 0.1) is 17.8 Å². The van der Waals surface area contributed by atoms with Crippen LogP contribution in [-0.2, 0) is 6.42 Å². The zero-order valence-corrected chi connectivity index (χ0v) is 27.4. The number of furan rings is 1. The fraction of sp³-hybridized carbons (Fsp3) is 0.190. The Morgan fingerprint density at radius 3 is 2.44 bits per heavy atom. The SMILES string of the molecule is CC1C=CC=CC1C1C=Cc2oc3c(c2C1)=C1[OH+]c2ccc(-c4ccccc4)cc2C1CC=3C1=CC(c2ccccc2)=CC[I-]1. The Labute approximate surface area is 274 Å². The van der Waals surface area contributed by atoms with E-state index in [4.69, 9.17) is 9.15 Å². The fourth-order valence-corrected chi connectivity index (χ4v) is 10.5. The van der Waals surface area contributed by atoms with E-state index in [-0.39, 0.29) is 27.1 Å². The standard InChI is InChI=1S/C42H34IO2/c1-26-10-8-9-15-32(26)31-17-19-39-36(23-31)40-41-34(33-22-29(16-18-38(33)44-41)27-11-4-2-5-12-27)25-35(42(40)45-39)37-24-30(20-21-43-37)28-13-6-3-7-14-28/h2-20,22,24,26,31-32,34H,21,23,25H2,1H3/q-1/p+1. The Hall–Kier alpha value is -4.09. The molecule has 1 aromatic heterocycles. The summed E-state index contributed by atoms with van der Waals surface area (Å²) in [5, 5.41) is 1.28. The molecule has 2 nitrogen and oxygen atoms in total. The molecule has 222 valence electrons. The molecule has 4 unspecified atom stereocenters. The molecule has 2 aliphatic heterocycles. The Kier molecular flexibility index (Phi) is 6.70. The van der Waals surface area contributed by atoms with E-state index in [1.807, 2.05) is 0 Å². The summed E-state index contributed by atoms with van der Waals surface area (Å²) in [5.41, 5.74) is 10.4. The van der Waals surface area contributed by atoms with Crippen LogP contribution in [0.2, 0.25) is 0 Å². The second-order valence-electron chi connectivity index (χ2n) is 12.8. The molecule has 0 amide bonds. The van der Waals surface area contributed by atoms with Gasteiger partial charge in [0.15, 0.2) is 0 Å². The third-order valence-corrected chi connectivity index (χ3v) is 12.8. The first-order valence-electron chi connectivity index (χ1n) is 16.1. The molecule has 3 heterocycles. The van der Waals surface area contributed by atoms with E-state index < -0.39 is 0 Å². The number of alkyl halides is 1. The summed E-state index contributed by atoms with van der Waals surface area (Å²) in [5.74, 6) is 5.07. The Morgan fingerprint density at radius 2 is 1.62 bits per heavy atom.